The van der Waals surface area contributed by atoms with Crippen LogP contribution >= 0.6 is 24.0 Å². The second kappa shape index (κ2) is 12.8. The van der Waals surface area contributed by atoms with Crippen LogP contribution < -0.4 is 20.7 Å². The summed E-state index contributed by atoms with van der Waals surface area (Å²) < 4.78 is 41.5. The Morgan fingerprint density at radius 3 is 2.52 bits per heavy atom. The highest BCUT2D eigenvalue weighted by molar-refractivity contribution is 14.0. The number of nitrogens with zero attached hydrogens (tertiary/aromatic N) is 1. The fourth-order valence-corrected chi connectivity index (χ4v) is 3.11. The highest BCUT2D eigenvalue weighted by atomic mass is 127. The number of aliphatic imine (C=N–C) groups is 1. The van der Waals surface area contributed by atoms with Crippen molar-refractivity contribution in [1.82, 2.24) is 16.0 Å². The molecule has 0 spiro atoms. The van der Waals surface area contributed by atoms with Crippen molar-refractivity contribution in [1.29, 1.82) is 0 Å². The molecular formula is C19H28F3IN4O2. The lowest BCUT2D eigenvalue weighted by molar-refractivity contribution is -0.274. The molecule has 1 aromatic carbocycles. The van der Waals surface area contributed by atoms with Gasteiger partial charge >= 0.3 is 6.36 Å². The van der Waals surface area contributed by atoms with Gasteiger partial charge in [-0.1, -0.05) is 37.5 Å². The first-order chi connectivity index (χ1) is 13.4. The van der Waals surface area contributed by atoms with Crippen LogP contribution in [0.15, 0.2) is 29.3 Å². The highest BCUT2D eigenvalue weighted by Crippen LogP contribution is 2.26. The van der Waals surface area contributed by atoms with Crippen LogP contribution in [-0.4, -0.2) is 37.9 Å². The number of amides is 1. The quantitative estimate of drug-likeness (QED) is 0.287. The number of ether oxygens (including phenoxy) is 1. The van der Waals surface area contributed by atoms with E-state index in [0.29, 0.717) is 24.5 Å². The topological polar surface area (TPSA) is 74.8 Å². The predicted octanol–water partition coefficient (Wildman–Crippen LogP) is 3.71. The fourth-order valence-electron chi connectivity index (χ4n) is 3.11. The van der Waals surface area contributed by atoms with Gasteiger partial charge in [0.25, 0.3) is 0 Å². The Labute approximate surface area is 186 Å². The Morgan fingerprint density at radius 1 is 1.17 bits per heavy atom. The molecule has 1 aliphatic carbocycles. The van der Waals surface area contributed by atoms with Crippen molar-refractivity contribution in [3.8, 4) is 5.75 Å². The molecule has 0 radical (unpaired) electrons. The van der Waals surface area contributed by atoms with Crippen LogP contribution in [0.2, 0.25) is 0 Å². The number of hydrogen-bond acceptors (Lipinski definition) is 3. The van der Waals surface area contributed by atoms with Gasteiger partial charge in [-0.25, -0.2) is 0 Å². The number of carbonyl (C=O) groups is 1. The number of carbonyl (C=O) groups excluding carboxylic acids is 1. The summed E-state index contributed by atoms with van der Waals surface area (Å²) in [6, 6.07) is 6.17. The second-order valence-electron chi connectivity index (χ2n) is 6.66. The standard InChI is InChI=1S/C19H27F3N4O2.HI/c1-23-18(24-12-11-17(27)26-15-8-3-2-4-9-15)25-13-14-7-5-6-10-16(14)28-19(20,21)22;/h5-7,10,15H,2-4,8-9,11-13H2,1H3,(H,26,27)(H2,23,24,25);1H. The molecule has 1 aliphatic rings. The van der Waals surface area contributed by atoms with Gasteiger partial charge < -0.3 is 20.7 Å². The Balaban J connectivity index is 0.00000420. The first kappa shape index (κ1) is 25.3. The fraction of sp³-hybridized carbons (Fsp3) is 0.579. The van der Waals surface area contributed by atoms with Gasteiger partial charge in [0.15, 0.2) is 5.96 Å². The Hall–Kier alpha value is -1.72. The minimum absolute atomic E-state index is 0. The molecule has 2 rings (SSSR count). The lowest BCUT2D eigenvalue weighted by Gasteiger charge is -2.22. The van der Waals surface area contributed by atoms with Crippen LogP contribution in [0, 0.1) is 0 Å². The summed E-state index contributed by atoms with van der Waals surface area (Å²) >= 11 is 0. The Kier molecular flexibility index (Phi) is 11.1. The zero-order valence-electron chi connectivity index (χ0n) is 16.3. The molecule has 0 aromatic heterocycles. The third-order valence-electron chi connectivity index (χ3n) is 4.48. The number of benzene rings is 1. The van der Waals surface area contributed by atoms with Gasteiger partial charge in [-0.2, -0.15) is 0 Å². The van der Waals surface area contributed by atoms with Gasteiger partial charge in [0.2, 0.25) is 5.91 Å². The van der Waals surface area contributed by atoms with Gasteiger partial charge in [0.05, 0.1) is 0 Å². The molecule has 0 unspecified atom stereocenters. The molecular weight excluding hydrogens is 500 g/mol. The van der Waals surface area contributed by atoms with E-state index in [4.69, 9.17) is 0 Å². The van der Waals surface area contributed by atoms with E-state index in [9.17, 15) is 18.0 Å². The highest BCUT2D eigenvalue weighted by Gasteiger charge is 2.31. The normalized spacial score (nSPS) is 15.2. The Morgan fingerprint density at radius 2 is 1.86 bits per heavy atom. The molecule has 29 heavy (non-hydrogen) atoms. The SMILES string of the molecule is CN=C(NCCC(=O)NC1CCCCC1)NCc1ccccc1OC(F)(F)F.I. The van der Waals surface area contributed by atoms with E-state index in [0.717, 1.165) is 25.7 Å². The summed E-state index contributed by atoms with van der Waals surface area (Å²) in [5, 5.41) is 8.95. The first-order valence-electron chi connectivity index (χ1n) is 9.45. The average molecular weight is 528 g/mol. The van der Waals surface area contributed by atoms with E-state index < -0.39 is 6.36 Å². The summed E-state index contributed by atoms with van der Waals surface area (Å²) in [4.78, 5) is 16.0. The number of para-hydroxylation sites is 1. The minimum atomic E-state index is -4.75. The van der Waals surface area contributed by atoms with Gasteiger partial charge in [-0.3, -0.25) is 9.79 Å². The first-order valence-corrected chi connectivity index (χ1v) is 9.45. The maximum atomic E-state index is 12.5. The summed E-state index contributed by atoms with van der Waals surface area (Å²) in [6.45, 7) is 0.471. The van der Waals surface area contributed by atoms with Crippen LogP contribution in [0.25, 0.3) is 0 Å². The van der Waals surface area contributed by atoms with E-state index >= 15 is 0 Å². The summed E-state index contributed by atoms with van der Waals surface area (Å²) in [5.41, 5.74) is 0.345. The molecule has 6 nitrogen and oxygen atoms in total. The van der Waals surface area contributed by atoms with Gasteiger partial charge in [-0.15, -0.1) is 37.1 Å². The molecule has 1 aromatic rings. The average Bonchev–Trinajstić information content (AvgIpc) is 2.65. The molecule has 1 saturated carbocycles. The summed E-state index contributed by atoms with van der Waals surface area (Å²) in [5.74, 6) is 0.121. The maximum absolute atomic E-state index is 12.5. The monoisotopic (exact) mass is 528 g/mol. The number of halogens is 4. The van der Waals surface area contributed by atoms with E-state index in [1.54, 1.807) is 19.2 Å². The van der Waals surface area contributed by atoms with Gasteiger partial charge in [-0.05, 0) is 18.9 Å². The van der Waals surface area contributed by atoms with Crippen molar-refractivity contribution < 1.29 is 22.7 Å². The zero-order valence-corrected chi connectivity index (χ0v) is 18.7. The van der Waals surface area contributed by atoms with E-state index in [1.807, 2.05) is 0 Å². The lowest BCUT2D eigenvalue weighted by atomic mass is 9.95. The Bertz CT molecular complexity index is 665. The molecule has 0 saturated heterocycles. The molecule has 10 heteroatoms. The number of rotatable bonds is 7. The smallest absolute Gasteiger partial charge is 0.405 e. The second-order valence-corrected chi connectivity index (χ2v) is 6.66. The van der Waals surface area contributed by atoms with E-state index in [1.165, 1.54) is 18.6 Å². The van der Waals surface area contributed by atoms with Crippen LogP contribution in [0.3, 0.4) is 0 Å². The largest absolute Gasteiger partial charge is 0.573 e. The van der Waals surface area contributed by atoms with Crippen molar-refractivity contribution in [3.05, 3.63) is 29.8 Å². The lowest BCUT2D eigenvalue weighted by Crippen LogP contribution is -2.41. The maximum Gasteiger partial charge on any atom is 0.573 e. The minimum Gasteiger partial charge on any atom is -0.405 e. The molecule has 0 atom stereocenters. The van der Waals surface area contributed by atoms with Crippen LogP contribution in [0.5, 0.6) is 5.75 Å². The van der Waals surface area contributed by atoms with Gasteiger partial charge in [0, 0.05) is 38.2 Å². The molecule has 1 fully saturated rings. The summed E-state index contributed by atoms with van der Waals surface area (Å²) in [7, 11) is 1.55. The molecule has 0 heterocycles. The van der Waals surface area contributed by atoms with Crippen LogP contribution in [-0.2, 0) is 11.3 Å². The molecule has 164 valence electrons. The molecule has 3 N–H and O–H groups in total. The molecule has 1 amide bonds. The number of nitrogens with one attached hydrogen (secondary N) is 3. The third-order valence-corrected chi connectivity index (χ3v) is 4.48. The van der Waals surface area contributed by atoms with Crippen molar-refractivity contribution in [2.75, 3.05) is 13.6 Å². The van der Waals surface area contributed by atoms with Gasteiger partial charge in [0.1, 0.15) is 5.75 Å². The van der Waals surface area contributed by atoms with Crippen molar-refractivity contribution in [2.45, 2.75) is 57.5 Å². The zero-order chi connectivity index (χ0) is 20.4. The number of alkyl halides is 3. The predicted molar refractivity (Wildman–Crippen MR) is 116 cm³/mol. The van der Waals surface area contributed by atoms with E-state index in [2.05, 4.69) is 25.7 Å². The number of hydrogen-bond donors (Lipinski definition) is 3. The summed E-state index contributed by atoms with van der Waals surface area (Å²) in [6.07, 6.45) is 1.14. The third kappa shape index (κ3) is 10.0. The van der Waals surface area contributed by atoms with Crippen molar-refractivity contribution in [2.24, 2.45) is 4.99 Å². The number of guanidine groups is 1. The molecule has 0 bridgehead atoms. The van der Waals surface area contributed by atoms with Crippen molar-refractivity contribution >= 4 is 35.8 Å². The van der Waals surface area contributed by atoms with Crippen LogP contribution in [0.4, 0.5) is 13.2 Å². The molecule has 0 aliphatic heterocycles. The van der Waals surface area contributed by atoms with Crippen molar-refractivity contribution in [3.63, 3.8) is 0 Å². The van der Waals surface area contributed by atoms with Crippen LogP contribution in [0.1, 0.15) is 44.1 Å². The van der Waals surface area contributed by atoms with E-state index in [-0.39, 0.29) is 48.2 Å².